The van der Waals surface area contributed by atoms with E-state index in [2.05, 4.69) is 13.8 Å². The molecule has 0 atom stereocenters. The van der Waals surface area contributed by atoms with E-state index >= 15 is 0 Å². The van der Waals surface area contributed by atoms with Crippen LogP contribution in [0.25, 0.3) is 0 Å². The van der Waals surface area contributed by atoms with Crippen LogP contribution in [0.1, 0.15) is 13.8 Å². The number of rotatable bonds is 5. The molecule has 0 radical (unpaired) electrons. The Balaban J connectivity index is 2.74. The molecular weight excluding hydrogens is 192 g/mol. The zero-order valence-electron chi connectivity index (χ0n) is 9.12. The Morgan fingerprint density at radius 1 is 1.07 bits per heavy atom. The van der Waals surface area contributed by atoms with Gasteiger partial charge in [-0.25, -0.2) is 0 Å². The van der Waals surface area contributed by atoms with Crippen molar-refractivity contribution in [3.05, 3.63) is 24.3 Å². The standard InChI is InChI=1S/C11H18O2Si/c1-4-14(5-2)13-11-9-7-6-8-10(11)12-3/h6-9,14H,4-5H2,1-3H3. The van der Waals surface area contributed by atoms with Crippen molar-refractivity contribution in [2.75, 3.05) is 7.11 Å². The molecule has 0 N–H and O–H groups in total. The molecule has 0 aliphatic rings. The molecule has 0 saturated heterocycles. The van der Waals surface area contributed by atoms with Gasteiger partial charge in [-0.05, 0) is 24.2 Å². The summed E-state index contributed by atoms with van der Waals surface area (Å²) in [6.07, 6.45) is 0. The van der Waals surface area contributed by atoms with Gasteiger partial charge in [0.2, 0.25) is 9.04 Å². The van der Waals surface area contributed by atoms with Crippen molar-refractivity contribution in [1.29, 1.82) is 0 Å². The first-order valence-electron chi connectivity index (χ1n) is 5.11. The zero-order valence-corrected chi connectivity index (χ0v) is 10.3. The van der Waals surface area contributed by atoms with Gasteiger partial charge in [0.1, 0.15) is 5.75 Å². The van der Waals surface area contributed by atoms with E-state index in [1.54, 1.807) is 7.11 Å². The minimum Gasteiger partial charge on any atom is -0.544 e. The molecule has 1 aromatic carbocycles. The van der Waals surface area contributed by atoms with Gasteiger partial charge >= 0.3 is 0 Å². The number of benzene rings is 1. The Labute approximate surface area is 87.6 Å². The van der Waals surface area contributed by atoms with Crippen LogP contribution in [0, 0.1) is 0 Å². The average Bonchev–Trinajstić information content (AvgIpc) is 2.26. The summed E-state index contributed by atoms with van der Waals surface area (Å²) < 4.78 is 11.2. The molecule has 3 heteroatoms. The molecule has 14 heavy (non-hydrogen) atoms. The van der Waals surface area contributed by atoms with Crippen LogP contribution in [0.4, 0.5) is 0 Å². The second-order valence-corrected chi connectivity index (χ2v) is 6.32. The summed E-state index contributed by atoms with van der Waals surface area (Å²) in [6, 6.07) is 10.2. The van der Waals surface area contributed by atoms with Crippen LogP contribution < -0.4 is 9.16 Å². The van der Waals surface area contributed by atoms with Crippen molar-refractivity contribution >= 4 is 9.04 Å². The van der Waals surface area contributed by atoms with Crippen molar-refractivity contribution in [3.63, 3.8) is 0 Å². The number of para-hydroxylation sites is 2. The summed E-state index contributed by atoms with van der Waals surface area (Å²) in [5.41, 5.74) is 0. The van der Waals surface area contributed by atoms with Crippen molar-refractivity contribution in [2.24, 2.45) is 0 Å². The third kappa shape index (κ3) is 2.77. The van der Waals surface area contributed by atoms with Crippen LogP contribution >= 0.6 is 0 Å². The van der Waals surface area contributed by atoms with Crippen molar-refractivity contribution in [3.8, 4) is 11.5 Å². The lowest BCUT2D eigenvalue weighted by atomic mass is 10.3. The molecule has 0 unspecified atom stereocenters. The smallest absolute Gasteiger partial charge is 0.235 e. The molecule has 0 spiro atoms. The maximum absolute atomic E-state index is 5.95. The normalized spacial score (nSPS) is 10.3. The van der Waals surface area contributed by atoms with Gasteiger partial charge in [0, 0.05) is 0 Å². The van der Waals surface area contributed by atoms with E-state index in [9.17, 15) is 0 Å². The predicted octanol–water partition coefficient (Wildman–Crippen LogP) is 2.84. The molecular formula is C11H18O2Si. The fraction of sp³-hybridized carbons (Fsp3) is 0.455. The summed E-state index contributed by atoms with van der Waals surface area (Å²) in [7, 11) is 0.636. The Morgan fingerprint density at radius 3 is 2.14 bits per heavy atom. The molecule has 0 saturated carbocycles. The SMILES string of the molecule is CC[SiH](CC)Oc1ccccc1OC. The fourth-order valence-electron chi connectivity index (χ4n) is 1.35. The van der Waals surface area contributed by atoms with Crippen LogP contribution in [0.3, 0.4) is 0 Å². The topological polar surface area (TPSA) is 18.5 Å². The Morgan fingerprint density at radius 2 is 1.64 bits per heavy atom. The molecule has 0 bridgehead atoms. The summed E-state index contributed by atoms with van der Waals surface area (Å²) in [5, 5.41) is 0. The van der Waals surface area contributed by atoms with Crippen LogP contribution in [0.5, 0.6) is 11.5 Å². The summed E-state index contributed by atoms with van der Waals surface area (Å²) in [4.78, 5) is 0. The first-order chi connectivity index (χ1) is 6.81. The minimum atomic E-state index is -1.04. The van der Waals surface area contributed by atoms with E-state index in [1.165, 1.54) is 0 Å². The van der Waals surface area contributed by atoms with E-state index in [0.717, 1.165) is 23.6 Å². The summed E-state index contributed by atoms with van der Waals surface area (Å²) >= 11 is 0. The fourth-order valence-corrected chi connectivity index (χ4v) is 2.82. The molecule has 2 nitrogen and oxygen atoms in total. The van der Waals surface area contributed by atoms with Crippen LogP contribution in [0.2, 0.25) is 12.1 Å². The van der Waals surface area contributed by atoms with E-state index in [-0.39, 0.29) is 0 Å². The van der Waals surface area contributed by atoms with Crippen molar-refractivity contribution < 1.29 is 9.16 Å². The second kappa shape index (κ2) is 5.70. The number of methoxy groups -OCH3 is 1. The van der Waals surface area contributed by atoms with Gasteiger partial charge in [-0.3, -0.25) is 0 Å². The highest BCUT2D eigenvalue weighted by molar-refractivity contribution is 6.52. The molecule has 0 aromatic heterocycles. The maximum Gasteiger partial charge on any atom is 0.235 e. The molecule has 0 fully saturated rings. The Bertz CT molecular complexity index is 272. The van der Waals surface area contributed by atoms with Crippen LogP contribution in [0.15, 0.2) is 24.3 Å². The van der Waals surface area contributed by atoms with E-state index < -0.39 is 9.04 Å². The van der Waals surface area contributed by atoms with Gasteiger partial charge in [0.05, 0.1) is 7.11 Å². The van der Waals surface area contributed by atoms with E-state index in [4.69, 9.17) is 9.16 Å². The highest BCUT2D eigenvalue weighted by Gasteiger charge is 2.10. The van der Waals surface area contributed by atoms with E-state index in [0.29, 0.717) is 0 Å². The third-order valence-corrected chi connectivity index (χ3v) is 4.68. The van der Waals surface area contributed by atoms with Crippen LogP contribution in [-0.2, 0) is 0 Å². The highest BCUT2D eigenvalue weighted by Crippen LogP contribution is 2.27. The third-order valence-electron chi connectivity index (χ3n) is 2.27. The number of hydrogen-bond acceptors (Lipinski definition) is 2. The largest absolute Gasteiger partial charge is 0.544 e. The minimum absolute atomic E-state index is 0.840. The Kier molecular flexibility index (Phi) is 4.53. The molecule has 0 aliphatic carbocycles. The summed E-state index contributed by atoms with van der Waals surface area (Å²) in [6.45, 7) is 4.38. The van der Waals surface area contributed by atoms with E-state index in [1.807, 2.05) is 24.3 Å². The Hall–Kier alpha value is -0.963. The van der Waals surface area contributed by atoms with Crippen LogP contribution in [-0.4, -0.2) is 16.2 Å². The average molecular weight is 210 g/mol. The molecule has 0 amide bonds. The number of hydrogen-bond donors (Lipinski definition) is 0. The van der Waals surface area contributed by atoms with Crippen molar-refractivity contribution in [1.82, 2.24) is 0 Å². The first-order valence-corrected chi connectivity index (χ1v) is 7.21. The summed E-state index contributed by atoms with van der Waals surface area (Å²) in [5.74, 6) is 1.74. The zero-order chi connectivity index (χ0) is 10.4. The van der Waals surface area contributed by atoms with Gasteiger partial charge in [0.25, 0.3) is 0 Å². The molecule has 0 aliphatic heterocycles. The first kappa shape index (κ1) is 11.1. The highest BCUT2D eigenvalue weighted by atomic mass is 28.3. The lowest BCUT2D eigenvalue weighted by Crippen LogP contribution is -2.19. The van der Waals surface area contributed by atoms with Gasteiger partial charge < -0.3 is 9.16 Å². The van der Waals surface area contributed by atoms with Gasteiger partial charge in [-0.1, -0.05) is 26.0 Å². The molecule has 1 rings (SSSR count). The van der Waals surface area contributed by atoms with Gasteiger partial charge in [-0.2, -0.15) is 0 Å². The predicted molar refractivity (Wildman–Crippen MR) is 61.7 cm³/mol. The number of ether oxygens (including phenoxy) is 1. The maximum atomic E-state index is 5.95. The van der Waals surface area contributed by atoms with Crippen molar-refractivity contribution in [2.45, 2.75) is 25.9 Å². The van der Waals surface area contributed by atoms with Gasteiger partial charge in [-0.15, -0.1) is 0 Å². The lowest BCUT2D eigenvalue weighted by molar-refractivity contribution is 0.393. The second-order valence-electron chi connectivity index (χ2n) is 3.21. The molecule has 1 aromatic rings. The monoisotopic (exact) mass is 210 g/mol. The molecule has 0 heterocycles. The lowest BCUT2D eigenvalue weighted by Gasteiger charge is -2.16. The quantitative estimate of drug-likeness (QED) is 0.696. The molecule has 78 valence electrons. The van der Waals surface area contributed by atoms with Gasteiger partial charge in [0.15, 0.2) is 5.75 Å².